The molecule has 1 fully saturated rings. The molecule has 1 aliphatic rings. The molecule has 0 radical (unpaired) electrons. The summed E-state index contributed by atoms with van der Waals surface area (Å²) in [5.74, 6) is -0.329. The third-order valence-electron chi connectivity index (χ3n) is 5.89. The van der Waals surface area contributed by atoms with E-state index in [-0.39, 0.29) is 28.9 Å². The number of carbonyl (C=O) groups is 2. The summed E-state index contributed by atoms with van der Waals surface area (Å²) in [6, 6.07) is 14.4. The monoisotopic (exact) mass is 555 g/mol. The van der Waals surface area contributed by atoms with Gasteiger partial charge in [-0.15, -0.1) is 0 Å². The first-order chi connectivity index (χ1) is 17.8. The molecule has 2 aromatic carbocycles. The lowest BCUT2D eigenvalue weighted by atomic mass is 10.1. The molecule has 2 heterocycles. The van der Waals surface area contributed by atoms with E-state index >= 15 is 0 Å². The van der Waals surface area contributed by atoms with Crippen LogP contribution in [0, 0.1) is 0 Å². The van der Waals surface area contributed by atoms with Crippen molar-refractivity contribution in [3.8, 4) is 17.0 Å². The molecule has 0 aliphatic heterocycles. The summed E-state index contributed by atoms with van der Waals surface area (Å²) in [5.41, 5.74) is 3.02. The average Bonchev–Trinajstić information content (AvgIpc) is 3.63. The van der Waals surface area contributed by atoms with Crippen molar-refractivity contribution in [1.29, 1.82) is 0 Å². The topological polar surface area (TPSA) is 109 Å². The number of phenolic OH excluding ortho intramolecular Hbond substituents is 1. The number of amides is 2. The molecule has 0 bridgehead atoms. The lowest BCUT2D eigenvalue weighted by Gasteiger charge is -2.09. The van der Waals surface area contributed by atoms with Gasteiger partial charge in [-0.1, -0.05) is 40.9 Å². The molecule has 5 rings (SSSR count). The van der Waals surface area contributed by atoms with Gasteiger partial charge < -0.3 is 15.7 Å². The van der Waals surface area contributed by atoms with Crippen molar-refractivity contribution < 1.29 is 14.7 Å². The van der Waals surface area contributed by atoms with Crippen LogP contribution in [0.1, 0.15) is 40.4 Å². The van der Waals surface area contributed by atoms with Gasteiger partial charge in [0.1, 0.15) is 10.9 Å². The van der Waals surface area contributed by atoms with Gasteiger partial charge in [0, 0.05) is 36.0 Å². The van der Waals surface area contributed by atoms with Gasteiger partial charge in [-0.2, -0.15) is 9.78 Å². The second-order valence-electron chi connectivity index (χ2n) is 8.58. The first kappa shape index (κ1) is 25.1. The van der Waals surface area contributed by atoms with E-state index < -0.39 is 11.9 Å². The number of benzene rings is 2. The minimum atomic E-state index is -0.454. The number of aromatic hydroxyl groups is 1. The molecule has 4 aromatic rings. The molecule has 0 unspecified atom stereocenters. The van der Waals surface area contributed by atoms with Crippen molar-refractivity contribution >= 4 is 52.4 Å². The number of carbonyl (C=O) groups excluding carboxylic acids is 2. The van der Waals surface area contributed by atoms with Crippen molar-refractivity contribution in [3.63, 3.8) is 0 Å². The van der Waals surface area contributed by atoms with Crippen LogP contribution in [0.25, 0.3) is 11.3 Å². The SMILES string of the molecule is O=C(Nc1ccc(-c2cc(C3CC3)n(C(=O)NCc3ccc(Cl)c(Cl)c3)n2)c(O)c1)c1cccnc1Cl. The molecule has 2 amide bonds. The molecule has 1 saturated carbocycles. The summed E-state index contributed by atoms with van der Waals surface area (Å²) in [5, 5.41) is 21.7. The van der Waals surface area contributed by atoms with Crippen molar-refractivity contribution in [2.45, 2.75) is 25.3 Å². The van der Waals surface area contributed by atoms with Gasteiger partial charge in [-0.3, -0.25) is 4.79 Å². The summed E-state index contributed by atoms with van der Waals surface area (Å²) in [6.45, 7) is 0.246. The fourth-order valence-electron chi connectivity index (χ4n) is 3.84. The van der Waals surface area contributed by atoms with Crippen LogP contribution in [0.3, 0.4) is 0 Å². The number of halogens is 3. The molecule has 188 valence electrons. The molecule has 11 heteroatoms. The highest BCUT2D eigenvalue weighted by molar-refractivity contribution is 6.42. The second kappa shape index (κ2) is 10.4. The van der Waals surface area contributed by atoms with E-state index in [0.717, 1.165) is 24.1 Å². The Balaban J connectivity index is 1.34. The van der Waals surface area contributed by atoms with Gasteiger partial charge in [-0.25, -0.2) is 9.78 Å². The summed E-state index contributed by atoms with van der Waals surface area (Å²) >= 11 is 18.0. The van der Waals surface area contributed by atoms with Gasteiger partial charge in [0.25, 0.3) is 5.91 Å². The third kappa shape index (κ3) is 5.56. The molecule has 0 atom stereocenters. The maximum absolute atomic E-state index is 13.0. The fourth-order valence-corrected chi connectivity index (χ4v) is 4.37. The van der Waals surface area contributed by atoms with Crippen LogP contribution in [0.15, 0.2) is 60.8 Å². The summed E-state index contributed by atoms with van der Waals surface area (Å²) in [6.07, 6.45) is 3.40. The largest absolute Gasteiger partial charge is 0.507 e. The predicted octanol–water partition coefficient (Wildman–Crippen LogP) is 6.50. The Bertz CT molecular complexity index is 1520. The van der Waals surface area contributed by atoms with Crippen molar-refractivity contribution in [2.24, 2.45) is 0 Å². The van der Waals surface area contributed by atoms with E-state index in [4.69, 9.17) is 34.8 Å². The van der Waals surface area contributed by atoms with Crippen LogP contribution in [-0.2, 0) is 6.54 Å². The Morgan fingerprint density at radius 2 is 1.84 bits per heavy atom. The second-order valence-corrected chi connectivity index (χ2v) is 9.75. The zero-order valence-corrected chi connectivity index (χ0v) is 21.5. The van der Waals surface area contributed by atoms with E-state index in [0.29, 0.717) is 27.0 Å². The number of nitrogens with zero attached hydrogens (tertiary/aromatic N) is 3. The number of phenols is 1. The van der Waals surface area contributed by atoms with Gasteiger partial charge in [0.15, 0.2) is 0 Å². The van der Waals surface area contributed by atoms with E-state index in [2.05, 4.69) is 20.7 Å². The van der Waals surface area contributed by atoms with Gasteiger partial charge in [0.2, 0.25) is 0 Å². The number of nitrogens with one attached hydrogen (secondary N) is 2. The number of hydrogen-bond donors (Lipinski definition) is 3. The minimum Gasteiger partial charge on any atom is -0.507 e. The van der Waals surface area contributed by atoms with Crippen LogP contribution < -0.4 is 10.6 Å². The molecular formula is C26H20Cl3N5O3. The molecule has 8 nitrogen and oxygen atoms in total. The van der Waals surface area contributed by atoms with Crippen LogP contribution in [0.4, 0.5) is 10.5 Å². The Hall–Kier alpha value is -3.59. The van der Waals surface area contributed by atoms with Gasteiger partial charge in [0.05, 0.1) is 27.0 Å². The highest BCUT2D eigenvalue weighted by Crippen LogP contribution is 2.42. The lowest BCUT2D eigenvalue weighted by Crippen LogP contribution is -2.30. The normalized spacial score (nSPS) is 12.8. The Morgan fingerprint density at radius 1 is 1.03 bits per heavy atom. The van der Waals surface area contributed by atoms with Gasteiger partial charge in [-0.05, 0) is 60.9 Å². The number of pyridine rings is 1. The van der Waals surface area contributed by atoms with Gasteiger partial charge >= 0.3 is 6.03 Å². The van der Waals surface area contributed by atoms with Crippen LogP contribution >= 0.6 is 34.8 Å². The Kier molecular flexibility index (Phi) is 7.06. The number of hydrogen-bond acceptors (Lipinski definition) is 5. The first-order valence-electron chi connectivity index (χ1n) is 11.4. The molecule has 1 aliphatic carbocycles. The summed E-state index contributed by atoms with van der Waals surface area (Å²) in [7, 11) is 0. The highest BCUT2D eigenvalue weighted by atomic mass is 35.5. The number of anilines is 1. The van der Waals surface area contributed by atoms with Crippen molar-refractivity contribution in [1.82, 2.24) is 20.1 Å². The first-order valence-corrected chi connectivity index (χ1v) is 12.5. The maximum atomic E-state index is 13.0. The summed E-state index contributed by atoms with van der Waals surface area (Å²) < 4.78 is 1.34. The average molecular weight is 557 g/mol. The number of rotatable bonds is 6. The highest BCUT2D eigenvalue weighted by Gasteiger charge is 2.30. The Morgan fingerprint density at radius 3 is 2.54 bits per heavy atom. The summed E-state index contributed by atoms with van der Waals surface area (Å²) in [4.78, 5) is 29.4. The van der Waals surface area contributed by atoms with Crippen molar-refractivity contribution in [2.75, 3.05) is 5.32 Å². The zero-order chi connectivity index (χ0) is 26.1. The van der Waals surface area contributed by atoms with Crippen molar-refractivity contribution in [3.05, 3.63) is 92.8 Å². The van der Waals surface area contributed by atoms with E-state index in [1.165, 1.54) is 16.9 Å². The molecular weight excluding hydrogens is 537 g/mol. The quantitative estimate of drug-likeness (QED) is 0.235. The smallest absolute Gasteiger partial charge is 0.342 e. The molecule has 0 spiro atoms. The molecule has 0 saturated heterocycles. The number of aromatic nitrogens is 3. The van der Waals surface area contributed by atoms with Crippen LogP contribution in [-0.4, -0.2) is 31.8 Å². The zero-order valence-electron chi connectivity index (χ0n) is 19.2. The molecule has 2 aromatic heterocycles. The van der Waals surface area contributed by atoms with E-state index in [1.54, 1.807) is 48.5 Å². The van der Waals surface area contributed by atoms with Crippen LogP contribution in [0.2, 0.25) is 15.2 Å². The van der Waals surface area contributed by atoms with E-state index in [1.807, 2.05) is 0 Å². The third-order valence-corrected chi connectivity index (χ3v) is 6.93. The Labute approximate surface area is 227 Å². The lowest BCUT2D eigenvalue weighted by molar-refractivity contribution is 0.102. The maximum Gasteiger partial charge on any atom is 0.342 e. The molecule has 37 heavy (non-hydrogen) atoms. The fraction of sp³-hybridized carbons (Fsp3) is 0.154. The predicted molar refractivity (Wildman–Crippen MR) is 143 cm³/mol. The minimum absolute atomic E-state index is 0.0800. The van der Waals surface area contributed by atoms with E-state index in [9.17, 15) is 14.7 Å². The standard InChI is InChI=1S/C26H20Cl3N5O3/c27-19-8-3-14(10-20(19)28)13-31-26(37)34-22(15-4-5-15)12-21(33-34)17-7-6-16(11-23(17)35)32-25(36)18-2-1-9-30-24(18)29/h1-3,6-12,15,35H,4-5,13H2,(H,31,37)(H,32,36). The van der Waals surface area contributed by atoms with Crippen LogP contribution in [0.5, 0.6) is 5.75 Å². The molecule has 3 N–H and O–H groups in total.